The summed E-state index contributed by atoms with van der Waals surface area (Å²) in [6.45, 7) is 4.19. The molecule has 1 aromatic rings. The first-order valence-corrected chi connectivity index (χ1v) is 6.97. The van der Waals surface area contributed by atoms with Gasteiger partial charge in [-0.05, 0) is 37.5 Å². The molecule has 1 saturated carbocycles. The Bertz CT molecular complexity index is 618. The average Bonchev–Trinajstić information content (AvgIpc) is 2.35. The van der Waals surface area contributed by atoms with E-state index in [0.717, 1.165) is 30.5 Å². The fourth-order valence-corrected chi connectivity index (χ4v) is 4.17. The molecule has 1 aromatic heterocycles. The van der Waals surface area contributed by atoms with Crippen molar-refractivity contribution in [3.05, 3.63) is 32.1 Å². The van der Waals surface area contributed by atoms with Gasteiger partial charge < -0.3 is 10.1 Å². The van der Waals surface area contributed by atoms with Crippen molar-refractivity contribution >= 4 is 0 Å². The molecule has 0 radical (unpaired) electrons. The summed E-state index contributed by atoms with van der Waals surface area (Å²) in [6, 6.07) is 0. The van der Waals surface area contributed by atoms with Crippen molar-refractivity contribution < 1.29 is 5.11 Å². The van der Waals surface area contributed by atoms with Crippen molar-refractivity contribution in [1.29, 1.82) is 0 Å². The second-order valence-electron chi connectivity index (χ2n) is 6.29. The number of aromatic amines is 2. The van der Waals surface area contributed by atoms with Gasteiger partial charge in [0.2, 0.25) is 0 Å². The molecule has 1 unspecified atom stereocenters. The van der Waals surface area contributed by atoms with Crippen LogP contribution >= 0.6 is 0 Å². The smallest absolute Gasteiger partial charge is 0.325 e. The van der Waals surface area contributed by atoms with Gasteiger partial charge in [-0.2, -0.15) is 0 Å². The van der Waals surface area contributed by atoms with Crippen LogP contribution in [0.5, 0.6) is 0 Å². The Balaban J connectivity index is 2.18. The summed E-state index contributed by atoms with van der Waals surface area (Å²) in [5.74, 6) is 0.524. The largest absolute Gasteiger partial charge is 0.393 e. The van der Waals surface area contributed by atoms with Gasteiger partial charge in [0.15, 0.2) is 0 Å². The lowest BCUT2D eigenvalue weighted by Gasteiger charge is -2.50. The topological polar surface area (TPSA) is 85.9 Å². The zero-order valence-corrected chi connectivity index (χ0v) is 11.3. The van der Waals surface area contributed by atoms with Crippen LogP contribution in [0.1, 0.15) is 44.4 Å². The van der Waals surface area contributed by atoms with Crippen LogP contribution in [0.25, 0.3) is 0 Å². The van der Waals surface area contributed by atoms with E-state index in [1.165, 1.54) is 0 Å². The Hall–Kier alpha value is -1.36. The minimum Gasteiger partial charge on any atom is -0.393 e. The van der Waals surface area contributed by atoms with Gasteiger partial charge in [-0.1, -0.05) is 13.8 Å². The van der Waals surface area contributed by atoms with Crippen molar-refractivity contribution in [3.63, 3.8) is 0 Å². The molecule has 0 saturated heterocycles. The van der Waals surface area contributed by atoms with Crippen LogP contribution in [0.2, 0.25) is 0 Å². The molecule has 1 heterocycles. The third-order valence-electron chi connectivity index (χ3n) is 5.34. The van der Waals surface area contributed by atoms with Crippen LogP contribution in [0.4, 0.5) is 0 Å². The van der Waals surface area contributed by atoms with Gasteiger partial charge >= 0.3 is 5.69 Å². The van der Waals surface area contributed by atoms with Crippen LogP contribution in [0.3, 0.4) is 0 Å². The highest BCUT2D eigenvalue weighted by Gasteiger charge is 2.49. The lowest BCUT2D eigenvalue weighted by Crippen LogP contribution is -2.51. The first-order valence-electron chi connectivity index (χ1n) is 6.97. The molecule has 5 nitrogen and oxygen atoms in total. The zero-order valence-electron chi connectivity index (χ0n) is 11.3. The van der Waals surface area contributed by atoms with Crippen LogP contribution < -0.4 is 11.2 Å². The number of aliphatic hydroxyl groups is 1. The van der Waals surface area contributed by atoms with E-state index in [4.69, 9.17) is 0 Å². The molecule has 0 bridgehead atoms. The summed E-state index contributed by atoms with van der Waals surface area (Å²) in [4.78, 5) is 28.7. The Labute approximate surface area is 111 Å². The van der Waals surface area contributed by atoms with Crippen molar-refractivity contribution in [2.75, 3.05) is 0 Å². The van der Waals surface area contributed by atoms with Gasteiger partial charge in [0.1, 0.15) is 0 Å². The van der Waals surface area contributed by atoms with Gasteiger partial charge in [0.25, 0.3) is 5.56 Å². The molecular formula is C14H20N2O3. The van der Waals surface area contributed by atoms with E-state index >= 15 is 0 Å². The maximum absolute atomic E-state index is 11.9. The van der Waals surface area contributed by atoms with Crippen molar-refractivity contribution in [2.45, 2.75) is 51.0 Å². The fourth-order valence-electron chi connectivity index (χ4n) is 4.17. The Morgan fingerprint density at radius 2 is 2.00 bits per heavy atom. The van der Waals surface area contributed by atoms with E-state index in [1.807, 2.05) is 0 Å². The van der Waals surface area contributed by atoms with E-state index in [1.54, 1.807) is 0 Å². The summed E-state index contributed by atoms with van der Waals surface area (Å²) in [5.41, 5.74) is 0.652. The normalized spacial score (nSPS) is 37.5. The number of aromatic nitrogens is 2. The van der Waals surface area contributed by atoms with E-state index in [0.29, 0.717) is 12.3 Å². The molecule has 3 N–H and O–H groups in total. The maximum Gasteiger partial charge on any atom is 0.325 e. The van der Waals surface area contributed by atoms with Gasteiger partial charge in [-0.25, -0.2) is 4.79 Å². The maximum atomic E-state index is 11.9. The van der Waals surface area contributed by atoms with E-state index < -0.39 is 5.69 Å². The average molecular weight is 264 g/mol. The molecular weight excluding hydrogens is 244 g/mol. The second kappa shape index (κ2) is 4.07. The number of hydrogen-bond donors (Lipinski definition) is 3. The number of rotatable bonds is 0. The predicted octanol–water partition coefficient (Wildman–Crippen LogP) is 0.674. The number of aliphatic hydroxyl groups excluding tert-OH is 1. The first-order chi connectivity index (χ1) is 8.93. The third kappa shape index (κ3) is 1.71. The van der Waals surface area contributed by atoms with Gasteiger partial charge in [0, 0.05) is 16.7 Å². The minimum absolute atomic E-state index is 0.195. The van der Waals surface area contributed by atoms with Crippen LogP contribution in [-0.4, -0.2) is 21.2 Å². The SMILES string of the molecule is C[C@H]1C(O)CC[C@@]2(C)c3[nH]c(=O)[nH]c(=O)c3CC[C@H]12. The van der Waals surface area contributed by atoms with Crippen LogP contribution in [-0.2, 0) is 11.8 Å². The summed E-state index contributed by atoms with van der Waals surface area (Å²) in [5, 5.41) is 10.0. The number of H-pyrrole nitrogens is 2. The monoisotopic (exact) mass is 264 g/mol. The quantitative estimate of drug-likeness (QED) is 0.644. The molecule has 1 fully saturated rings. The van der Waals surface area contributed by atoms with Gasteiger partial charge in [-0.15, -0.1) is 0 Å². The standard InChI is InChI=1S/C14H20N2O3/c1-7-9-4-3-8-11(15-13(19)16-12(8)18)14(9,2)6-5-10(7)17/h7,9-10,17H,3-6H2,1-2H3,(H2,15,16,18,19)/t7-,9-,10?,14-/m1/s1. The number of fused-ring (bicyclic) bond motifs is 3. The summed E-state index contributed by atoms with van der Waals surface area (Å²) in [7, 11) is 0. The zero-order chi connectivity index (χ0) is 13.8. The summed E-state index contributed by atoms with van der Waals surface area (Å²) < 4.78 is 0. The number of nitrogens with one attached hydrogen (secondary N) is 2. The summed E-state index contributed by atoms with van der Waals surface area (Å²) >= 11 is 0. The van der Waals surface area contributed by atoms with E-state index in [2.05, 4.69) is 23.8 Å². The summed E-state index contributed by atoms with van der Waals surface area (Å²) in [6.07, 6.45) is 2.85. The Morgan fingerprint density at radius 1 is 1.26 bits per heavy atom. The lowest BCUT2D eigenvalue weighted by molar-refractivity contribution is -0.00903. The molecule has 0 aromatic carbocycles. The van der Waals surface area contributed by atoms with E-state index in [-0.39, 0.29) is 23.0 Å². The highest BCUT2D eigenvalue weighted by atomic mass is 16.3. The van der Waals surface area contributed by atoms with E-state index in [9.17, 15) is 14.7 Å². The molecule has 5 heteroatoms. The molecule has 2 aliphatic carbocycles. The second-order valence-corrected chi connectivity index (χ2v) is 6.29. The molecule has 104 valence electrons. The highest BCUT2D eigenvalue weighted by Crippen LogP contribution is 2.50. The molecule has 3 rings (SSSR count). The lowest BCUT2D eigenvalue weighted by atomic mass is 9.56. The highest BCUT2D eigenvalue weighted by molar-refractivity contribution is 5.30. The predicted molar refractivity (Wildman–Crippen MR) is 71.3 cm³/mol. The van der Waals surface area contributed by atoms with Crippen molar-refractivity contribution in [1.82, 2.24) is 9.97 Å². The fraction of sp³-hybridized carbons (Fsp3) is 0.714. The van der Waals surface area contributed by atoms with Crippen LogP contribution in [0, 0.1) is 11.8 Å². The molecule has 0 aliphatic heterocycles. The third-order valence-corrected chi connectivity index (χ3v) is 5.34. The first kappa shape index (κ1) is 12.7. The Morgan fingerprint density at radius 3 is 2.74 bits per heavy atom. The van der Waals surface area contributed by atoms with Gasteiger partial charge in [-0.3, -0.25) is 9.78 Å². The molecule has 2 aliphatic rings. The molecule has 0 amide bonds. The van der Waals surface area contributed by atoms with Gasteiger partial charge in [0.05, 0.1) is 6.10 Å². The van der Waals surface area contributed by atoms with Crippen molar-refractivity contribution in [3.8, 4) is 0 Å². The molecule has 4 atom stereocenters. The molecule has 0 spiro atoms. The van der Waals surface area contributed by atoms with Crippen molar-refractivity contribution in [2.24, 2.45) is 11.8 Å². The molecule has 19 heavy (non-hydrogen) atoms. The van der Waals surface area contributed by atoms with Crippen LogP contribution in [0.15, 0.2) is 9.59 Å². The minimum atomic E-state index is -0.426. The Kier molecular flexibility index (Phi) is 2.71. The number of hydrogen-bond acceptors (Lipinski definition) is 3.